The van der Waals surface area contributed by atoms with Crippen molar-refractivity contribution in [2.45, 2.75) is 6.18 Å². The van der Waals surface area contributed by atoms with E-state index < -0.39 is 28.5 Å². The molecule has 0 atom stereocenters. The van der Waals surface area contributed by atoms with Crippen LogP contribution in [0.5, 0.6) is 0 Å². The number of pyridine rings is 1. The van der Waals surface area contributed by atoms with E-state index in [9.17, 15) is 22.8 Å². The van der Waals surface area contributed by atoms with Gasteiger partial charge in [-0.05, 0) is 24.3 Å². The average molecular weight is 307 g/mol. The number of H-pyrrole nitrogens is 1. The van der Waals surface area contributed by atoms with Crippen LogP contribution in [-0.2, 0) is 6.18 Å². The Labute approximate surface area is 120 Å². The predicted molar refractivity (Wildman–Crippen MR) is 73.0 cm³/mol. The molecule has 0 spiro atoms. The number of halogens is 3. The first-order valence-electron chi connectivity index (χ1n) is 6.15. The molecule has 0 saturated carbocycles. The van der Waals surface area contributed by atoms with E-state index in [0.717, 1.165) is 16.7 Å². The molecule has 0 saturated heterocycles. The fourth-order valence-electron chi connectivity index (χ4n) is 2.20. The van der Waals surface area contributed by atoms with E-state index in [-0.39, 0.29) is 11.1 Å². The molecule has 2 heterocycles. The molecule has 0 radical (unpaired) electrons. The van der Waals surface area contributed by atoms with Gasteiger partial charge in [0.05, 0.1) is 28.4 Å². The second-order valence-corrected chi connectivity index (χ2v) is 4.51. The van der Waals surface area contributed by atoms with Crippen LogP contribution < -0.4 is 11.2 Å². The Hall–Kier alpha value is -2.90. The minimum Gasteiger partial charge on any atom is -0.306 e. The highest BCUT2D eigenvalue weighted by molar-refractivity contribution is 5.81. The topological polar surface area (TPSA) is 67.8 Å². The molecular formula is C14H8F3N3O2. The van der Waals surface area contributed by atoms with Gasteiger partial charge < -0.3 is 4.98 Å². The van der Waals surface area contributed by atoms with Crippen molar-refractivity contribution in [2.24, 2.45) is 0 Å². The smallest absolute Gasteiger partial charge is 0.306 e. The third kappa shape index (κ3) is 2.18. The van der Waals surface area contributed by atoms with Gasteiger partial charge in [0.25, 0.3) is 5.56 Å². The molecule has 0 bridgehead atoms. The lowest BCUT2D eigenvalue weighted by Gasteiger charge is -2.11. The summed E-state index contributed by atoms with van der Waals surface area (Å²) in [7, 11) is 0. The number of hydrogen-bond donors (Lipinski definition) is 1. The highest BCUT2D eigenvalue weighted by atomic mass is 19.4. The second-order valence-electron chi connectivity index (χ2n) is 4.51. The molecule has 1 N–H and O–H groups in total. The first kappa shape index (κ1) is 14.1. The van der Waals surface area contributed by atoms with Crippen LogP contribution in [0.2, 0.25) is 0 Å². The van der Waals surface area contributed by atoms with E-state index in [0.29, 0.717) is 0 Å². The summed E-state index contributed by atoms with van der Waals surface area (Å²) in [6, 6.07) is 6.14. The summed E-state index contributed by atoms with van der Waals surface area (Å²) in [6.07, 6.45) is -1.95. The fraction of sp³-hybridized carbons (Fsp3) is 0.0714. The van der Waals surface area contributed by atoms with Gasteiger partial charge in [0.15, 0.2) is 0 Å². The van der Waals surface area contributed by atoms with Crippen LogP contribution in [0.4, 0.5) is 13.2 Å². The van der Waals surface area contributed by atoms with Crippen LogP contribution in [0.15, 0.2) is 52.3 Å². The van der Waals surface area contributed by atoms with E-state index in [2.05, 4.69) is 9.97 Å². The second kappa shape index (κ2) is 4.83. The lowest BCUT2D eigenvalue weighted by molar-refractivity contribution is -0.136. The Morgan fingerprint density at radius 3 is 2.50 bits per heavy atom. The third-order valence-corrected chi connectivity index (χ3v) is 3.14. The van der Waals surface area contributed by atoms with Crippen molar-refractivity contribution in [2.75, 3.05) is 0 Å². The van der Waals surface area contributed by atoms with Gasteiger partial charge in [-0.2, -0.15) is 13.2 Å². The number of aromatic amines is 1. The highest BCUT2D eigenvalue weighted by Gasteiger charge is 2.33. The zero-order valence-corrected chi connectivity index (χ0v) is 10.9. The van der Waals surface area contributed by atoms with Crippen LogP contribution in [-0.4, -0.2) is 14.5 Å². The van der Waals surface area contributed by atoms with Crippen molar-refractivity contribution in [1.29, 1.82) is 0 Å². The number of fused-ring (bicyclic) bond motifs is 1. The van der Waals surface area contributed by atoms with Gasteiger partial charge in [0, 0.05) is 6.20 Å². The quantitative estimate of drug-likeness (QED) is 0.748. The lowest BCUT2D eigenvalue weighted by Crippen LogP contribution is -2.34. The molecule has 5 nitrogen and oxygen atoms in total. The Balaban J connectivity index is 2.42. The van der Waals surface area contributed by atoms with Gasteiger partial charge in [-0.15, -0.1) is 0 Å². The molecule has 22 heavy (non-hydrogen) atoms. The summed E-state index contributed by atoms with van der Waals surface area (Å²) < 4.78 is 39.6. The molecule has 0 aliphatic heterocycles. The van der Waals surface area contributed by atoms with Gasteiger partial charge >= 0.3 is 11.9 Å². The standard InChI is InChI=1S/C14H8F3N3O2/c15-14(16,17)10-5-1-4-9-11(10)19-13(22)20(12(9)21)8-3-2-6-18-7-8/h1-7H,(H,19,22). The minimum absolute atomic E-state index is 0.174. The van der Waals surface area contributed by atoms with Crippen LogP contribution >= 0.6 is 0 Å². The molecule has 2 aromatic heterocycles. The minimum atomic E-state index is -4.67. The van der Waals surface area contributed by atoms with Crippen LogP contribution in [0.3, 0.4) is 0 Å². The number of para-hydroxylation sites is 1. The predicted octanol–water partition coefficient (Wildman–Crippen LogP) is 2.09. The summed E-state index contributed by atoms with van der Waals surface area (Å²) in [5.41, 5.74) is -3.20. The number of benzene rings is 1. The highest BCUT2D eigenvalue weighted by Crippen LogP contribution is 2.32. The number of hydrogen-bond acceptors (Lipinski definition) is 3. The number of nitrogens with one attached hydrogen (secondary N) is 1. The van der Waals surface area contributed by atoms with Gasteiger partial charge in [-0.1, -0.05) is 6.07 Å². The van der Waals surface area contributed by atoms with Crippen LogP contribution in [0.1, 0.15) is 5.56 Å². The summed E-state index contributed by atoms with van der Waals surface area (Å²) >= 11 is 0. The Morgan fingerprint density at radius 1 is 1.09 bits per heavy atom. The summed E-state index contributed by atoms with van der Waals surface area (Å²) in [4.78, 5) is 30.3. The van der Waals surface area contributed by atoms with E-state index in [1.54, 1.807) is 0 Å². The largest absolute Gasteiger partial charge is 0.418 e. The Bertz CT molecular complexity index is 959. The third-order valence-electron chi connectivity index (χ3n) is 3.14. The van der Waals surface area contributed by atoms with Crippen molar-refractivity contribution in [3.8, 4) is 5.69 Å². The maximum Gasteiger partial charge on any atom is 0.418 e. The Morgan fingerprint density at radius 2 is 1.86 bits per heavy atom. The lowest BCUT2D eigenvalue weighted by atomic mass is 10.1. The molecule has 112 valence electrons. The van der Waals surface area contributed by atoms with Gasteiger partial charge in [0.2, 0.25) is 0 Å². The van der Waals surface area contributed by atoms with Crippen molar-refractivity contribution in [3.05, 3.63) is 69.1 Å². The number of alkyl halides is 3. The van der Waals surface area contributed by atoms with Crippen LogP contribution in [0, 0.1) is 0 Å². The maximum absolute atomic E-state index is 13.0. The Kier molecular flexibility index (Phi) is 3.09. The SMILES string of the molecule is O=c1[nH]c2c(C(F)(F)F)cccc2c(=O)n1-c1cccnc1. The molecular weight excluding hydrogens is 299 g/mol. The van der Waals surface area contributed by atoms with Crippen molar-refractivity contribution in [3.63, 3.8) is 0 Å². The zero-order chi connectivity index (χ0) is 15.9. The van der Waals surface area contributed by atoms with Crippen molar-refractivity contribution < 1.29 is 13.2 Å². The monoisotopic (exact) mass is 307 g/mol. The molecule has 1 aromatic carbocycles. The molecule has 0 fully saturated rings. The number of aromatic nitrogens is 3. The maximum atomic E-state index is 13.0. The first-order chi connectivity index (χ1) is 10.4. The van der Waals surface area contributed by atoms with Gasteiger partial charge in [-0.3, -0.25) is 9.78 Å². The first-order valence-corrected chi connectivity index (χ1v) is 6.15. The van der Waals surface area contributed by atoms with E-state index in [1.807, 2.05) is 0 Å². The number of rotatable bonds is 1. The van der Waals surface area contributed by atoms with Gasteiger partial charge in [0.1, 0.15) is 0 Å². The van der Waals surface area contributed by atoms with Crippen LogP contribution in [0.25, 0.3) is 16.6 Å². The molecule has 3 rings (SSSR count). The van der Waals surface area contributed by atoms with Gasteiger partial charge in [-0.25, -0.2) is 9.36 Å². The molecule has 0 unspecified atom stereocenters. The fourth-order valence-corrected chi connectivity index (χ4v) is 2.20. The molecule has 0 aliphatic carbocycles. The average Bonchev–Trinajstić information content (AvgIpc) is 2.47. The van der Waals surface area contributed by atoms with Crippen molar-refractivity contribution >= 4 is 10.9 Å². The molecule has 3 aromatic rings. The van der Waals surface area contributed by atoms with E-state index in [1.165, 1.54) is 30.6 Å². The van der Waals surface area contributed by atoms with E-state index >= 15 is 0 Å². The number of nitrogens with zero attached hydrogens (tertiary/aromatic N) is 2. The zero-order valence-electron chi connectivity index (χ0n) is 10.9. The molecule has 0 amide bonds. The normalized spacial score (nSPS) is 11.8. The van der Waals surface area contributed by atoms with E-state index in [4.69, 9.17) is 0 Å². The summed E-state index contributed by atoms with van der Waals surface area (Å²) in [5, 5.41) is -0.224. The summed E-state index contributed by atoms with van der Waals surface area (Å²) in [5.74, 6) is 0. The summed E-state index contributed by atoms with van der Waals surface area (Å²) in [6.45, 7) is 0. The molecule has 8 heteroatoms. The molecule has 0 aliphatic rings. The van der Waals surface area contributed by atoms with Crippen molar-refractivity contribution in [1.82, 2.24) is 14.5 Å².